The van der Waals surface area contributed by atoms with Gasteiger partial charge in [0.15, 0.2) is 0 Å². The van der Waals surface area contributed by atoms with Crippen molar-refractivity contribution in [2.75, 3.05) is 18.0 Å². The molecule has 0 spiro atoms. The summed E-state index contributed by atoms with van der Waals surface area (Å²) < 4.78 is 28.1. The van der Waals surface area contributed by atoms with Crippen molar-refractivity contribution >= 4 is 21.6 Å². The number of carbonyl (C=O) groups is 1. The molecule has 1 aromatic rings. The second-order valence-corrected chi connectivity index (χ2v) is 9.14. The lowest BCUT2D eigenvalue weighted by Crippen LogP contribution is -2.48. The Bertz CT molecular complexity index is 778. The molecule has 6 nitrogen and oxygen atoms in total. The Morgan fingerprint density at radius 2 is 2.04 bits per heavy atom. The van der Waals surface area contributed by atoms with Crippen molar-refractivity contribution in [3.63, 3.8) is 0 Å². The van der Waals surface area contributed by atoms with Crippen molar-refractivity contribution < 1.29 is 18.3 Å². The van der Waals surface area contributed by atoms with Gasteiger partial charge in [0, 0.05) is 25.7 Å². The number of hydrogen-bond acceptors (Lipinski definition) is 4. The lowest BCUT2D eigenvalue weighted by atomic mass is 9.92. The number of nitrogens with zero attached hydrogens (tertiary/aromatic N) is 2. The fourth-order valence-corrected chi connectivity index (χ4v) is 5.94. The Kier molecular flexibility index (Phi) is 5.69. The smallest absolute Gasteiger partial charge is 0.243 e. The van der Waals surface area contributed by atoms with Crippen molar-refractivity contribution in [2.45, 2.75) is 69.4 Å². The highest BCUT2D eigenvalue weighted by atomic mass is 32.2. The van der Waals surface area contributed by atoms with E-state index >= 15 is 0 Å². The van der Waals surface area contributed by atoms with E-state index in [0.717, 1.165) is 24.1 Å². The number of aliphatic hydroxyl groups excluding tert-OH is 1. The molecule has 1 aliphatic carbocycles. The summed E-state index contributed by atoms with van der Waals surface area (Å²) in [7, 11) is -3.69. The summed E-state index contributed by atoms with van der Waals surface area (Å²) in [5.74, 6) is -0.0303. The minimum absolute atomic E-state index is 0.0303. The van der Waals surface area contributed by atoms with Gasteiger partial charge in [-0.05, 0) is 49.4 Å². The lowest BCUT2D eigenvalue weighted by Gasteiger charge is -2.36. The normalized spacial score (nSPS) is 23.3. The number of amides is 1. The van der Waals surface area contributed by atoms with Crippen LogP contribution < -0.4 is 4.90 Å². The molecule has 2 atom stereocenters. The van der Waals surface area contributed by atoms with Crippen molar-refractivity contribution in [3.8, 4) is 0 Å². The van der Waals surface area contributed by atoms with E-state index in [9.17, 15) is 18.3 Å². The molecular weight excluding hydrogens is 352 g/mol. The van der Waals surface area contributed by atoms with Crippen LogP contribution in [0.3, 0.4) is 0 Å². The first-order valence-electron chi connectivity index (χ1n) is 9.47. The van der Waals surface area contributed by atoms with E-state index in [0.29, 0.717) is 38.8 Å². The Labute approximate surface area is 155 Å². The summed E-state index contributed by atoms with van der Waals surface area (Å²) in [6.45, 7) is 4.47. The van der Waals surface area contributed by atoms with Crippen LogP contribution in [0.25, 0.3) is 0 Å². The highest BCUT2D eigenvalue weighted by molar-refractivity contribution is 7.89. The van der Waals surface area contributed by atoms with Gasteiger partial charge in [0.05, 0.1) is 17.0 Å². The number of benzene rings is 1. The third-order valence-electron chi connectivity index (χ3n) is 5.44. The van der Waals surface area contributed by atoms with Crippen LogP contribution in [0.2, 0.25) is 0 Å². The van der Waals surface area contributed by atoms with Crippen LogP contribution in [0.1, 0.15) is 51.5 Å². The zero-order valence-corrected chi connectivity index (χ0v) is 16.3. The molecule has 0 aromatic heterocycles. The van der Waals surface area contributed by atoms with Gasteiger partial charge in [0.25, 0.3) is 0 Å². The first-order valence-corrected chi connectivity index (χ1v) is 10.9. The molecule has 7 heteroatoms. The minimum Gasteiger partial charge on any atom is -0.391 e. The Balaban J connectivity index is 1.94. The van der Waals surface area contributed by atoms with Crippen LogP contribution in [0.4, 0.5) is 5.69 Å². The number of carbonyl (C=O) groups excluding carboxylic acids is 1. The van der Waals surface area contributed by atoms with Crippen molar-refractivity contribution in [1.82, 2.24) is 4.31 Å². The average Bonchev–Trinajstić information content (AvgIpc) is 3.04. The SMILES string of the molecule is CCCN([C@H]1CCCC[C@@H]1O)S(=O)(=O)c1ccc2c(c1)CCN2C(C)=O. The first kappa shape index (κ1) is 19.3. The van der Waals surface area contributed by atoms with Gasteiger partial charge in [-0.25, -0.2) is 8.42 Å². The summed E-state index contributed by atoms with van der Waals surface area (Å²) in [5.41, 5.74) is 1.69. The molecule has 2 aliphatic rings. The largest absolute Gasteiger partial charge is 0.391 e. The summed E-state index contributed by atoms with van der Waals surface area (Å²) in [5, 5.41) is 10.4. The minimum atomic E-state index is -3.69. The van der Waals surface area contributed by atoms with E-state index < -0.39 is 16.1 Å². The van der Waals surface area contributed by atoms with Crippen molar-refractivity contribution in [2.24, 2.45) is 0 Å². The fourth-order valence-electron chi connectivity index (χ4n) is 4.11. The van der Waals surface area contributed by atoms with Gasteiger partial charge in [-0.3, -0.25) is 4.79 Å². The first-order chi connectivity index (χ1) is 12.4. The predicted molar refractivity (Wildman–Crippen MR) is 101 cm³/mol. The van der Waals surface area contributed by atoms with Gasteiger partial charge < -0.3 is 10.0 Å². The zero-order valence-electron chi connectivity index (χ0n) is 15.5. The van der Waals surface area contributed by atoms with Gasteiger partial charge in [-0.2, -0.15) is 4.31 Å². The molecule has 0 radical (unpaired) electrons. The van der Waals surface area contributed by atoms with E-state index in [4.69, 9.17) is 0 Å². The van der Waals surface area contributed by atoms with Crippen LogP contribution >= 0.6 is 0 Å². The third-order valence-corrected chi connectivity index (χ3v) is 7.36. The van der Waals surface area contributed by atoms with Gasteiger partial charge in [0.2, 0.25) is 15.9 Å². The molecule has 144 valence electrons. The molecule has 1 aromatic carbocycles. The quantitative estimate of drug-likeness (QED) is 0.850. The van der Waals surface area contributed by atoms with Gasteiger partial charge in [0.1, 0.15) is 0 Å². The molecule has 26 heavy (non-hydrogen) atoms. The highest BCUT2D eigenvalue weighted by Gasteiger charge is 2.37. The Morgan fingerprint density at radius 3 is 2.69 bits per heavy atom. The summed E-state index contributed by atoms with van der Waals surface area (Å²) in [6, 6.07) is 4.67. The monoisotopic (exact) mass is 380 g/mol. The number of sulfonamides is 1. The summed E-state index contributed by atoms with van der Waals surface area (Å²) >= 11 is 0. The molecule has 3 rings (SSSR count). The molecule has 1 saturated carbocycles. The number of anilines is 1. The van der Waals surface area contributed by atoms with E-state index in [1.165, 1.54) is 11.2 Å². The zero-order chi connectivity index (χ0) is 18.9. The number of hydrogen-bond donors (Lipinski definition) is 1. The third kappa shape index (κ3) is 3.52. The topological polar surface area (TPSA) is 77.9 Å². The second-order valence-electron chi connectivity index (χ2n) is 7.25. The summed E-state index contributed by atoms with van der Waals surface area (Å²) in [6.07, 6.45) is 3.99. The van der Waals surface area contributed by atoms with Crippen LogP contribution in [0.5, 0.6) is 0 Å². The maximum absolute atomic E-state index is 13.3. The molecule has 0 bridgehead atoms. The van der Waals surface area contributed by atoms with E-state index in [1.807, 2.05) is 6.92 Å². The second kappa shape index (κ2) is 7.66. The van der Waals surface area contributed by atoms with Crippen LogP contribution in [-0.4, -0.2) is 49.0 Å². The highest BCUT2D eigenvalue weighted by Crippen LogP contribution is 2.33. The van der Waals surface area contributed by atoms with E-state index in [1.54, 1.807) is 23.1 Å². The maximum Gasteiger partial charge on any atom is 0.243 e. The molecule has 1 heterocycles. The van der Waals surface area contributed by atoms with Gasteiger partial charge in [-0.1, -0.05) is 19.8 Å². The number of aliphatic hydroxyl groups is 1. The maximum atomic E-state index is 13.3. The molecule has 1 aliphatic heterocycles. The van der Waals surface area contributed by atoms with Crippen LogP contribution in [-0.2, 0) is 21.2 Å². The molecule has 0 unspecified atom stereocenters. The molecule has 0 saturated heterocycles. The van der Waals surface area contributed by atoms with E-state index in [2.05, 4.69) is 0 Å². The predicted octanol–water partition coefficient (Wildman–Crippen LogP) is 2.30. The van der Waals surface area contributed by atoms with Gasteiger partial charge in [-0.15, -0.1) is 0 Å². The van der Waals surface area contributed by atoms with Crippen LogP contribution in [0, 0.1) is 0 Å². The van der Waals surface area contributed by atoms with Gasteiger partial charge >= 0.3 is 0 Å². The van der Waals surface area contributed by atoms with Crippen molar-refractivity contribution in [1.29, 1.82) is 0 Å². The summed E-state index contributed by atoms with van der Waals surface area (Å²) in [4.78, 5) is 13.6. The van der Waals surface area contributed by atoms with Crippen molar-refractivity contribution in [3.05, 3.63) is 23.8 Å². The molecule has 1 N–H and O–H groups in total. The lowest BCUT2D eigenvalue weighted by molar-refractivity contribution is -0.116. The average molecular weight is 381 g/mol. The van der Waals surface area contributed by atoms with Crippen LogP contribution in [0.15, 0.2) is 23.1 Å². The molecule has 1 fully saturated rings. The number of rotatable bonds is 5. The standard InChI is InChI=1S/C19H28N2O4S/c1-3-11-21(18-6-4-5-7-19(18)23)26(24,25)16-8-9-17-15(13-16)10-12-20(17)14(2)22/h8-9,13,18-19,23H,3-7,10-12H2,1-2H3/t18-,19-/m0/s1. The Morgan fingerprint density at radius 1 is 1.31 bits per heavy atom. The van der Waals surface area contributed by atoms with E-state index in [-0.39, 0.29) is 16.8 Å². The molecular formula is C19H28N2O4S. The fraction of sp³-hybridized carbons (Fsp3) is 0.632. The molecule has 1 amide bonds. The Hall–Kier alpha value is -1.44. The number of fused-ring (bicyclic) bond motifs is 1.